The molecule has 9 nitrogen and oxygen atoms in total. The molecule has 2 atom stereocenters. The van der Waals surface area contributed by atoms with Crippen LogP contribution in [0.2, 0.25) is 0 Å². The van der Waals surface area contributed by atoms with Gasteiger partial charge >= 0.3 is 5.97 Å². The van der Waals surface area contributed by atoms with Crippen LogP contribution in [0, 0.1) is 5.92 Å². The molecule has 2 fully saturated rings. The summed E-state index contributed by atoms with van der Waals surface area (Å²) in [4.78, 5) is 58.3. The first kappa shape index (κ1) is 28.6. The van der Waals surface area contributed by atoms with E-state index in [4.69, 9.17) is 0 Å². The Morgan fingerprint density at radius 2 is 1.87 bits per heavy atom. The Balaban J connectivity index is 1.49. The fourth-order valence-electron chi connectivity index (χ4n) is 6.07. The third-order valence-electron chi connectivity index (χ3n) is 8.20. The molecule has 0 bridgehead atoms. The van der Waals surface area contributed by atoms with Crippen LogP contribution in [0.25, 0.3) is 10.9 Å². The Hall–Kier alpha value is -3.36. The van der Waals surface area contributed by atoms with Gasteiger partial charge in [-0.3, -0.25) is 14.4 Å². The normalized spacial score (nSPS) is 18.7. The number of para-hydroxylation sites is 1. The Bertz CT molecular complexity index is 1160. The number of unbranched alkanes of at least 4 members (excludes halogenated alkanes) is 1. The fraction of sp³-hybridized carbons (Fsp3) is 0.600. The van der Waals surface area contributed by atoms with Crippen molar-refractivity contribution in [1.82, 2.24) is 20.1 Å². The number of likely N-dealkylation sites (tertiary alicyclic amines) is 1. The van der Waals surface area contributed by atoms with E-state index in [2.05, 4.69) is 10.3 Å². The number of carbonyl (C=O) groups is 4. The highest BCUT2D eigenvalue weighted by Crippen LogP contribution is 2.26. The second kappa shape index (κ2) is 13.6. The summed E-state index contributed by atoms with van der Waals surface area (Å²) in [5, 5.41) is 13.5. The van der Waals surface area contributed by atoms with Gasteiger partial charge in [0.15, 0.2) is 0 Å². The van der Waals surface area contributed by atoms with Gasteiger partial charge in [0, 0.05) is 30.2 Å². The van der Waals surface area contributed by atoms with E-state index in [0.717, 1.165) is 55.0 Å². The van der Waals surface area contributed by atoms with E-state index >= 15 is 0 Å². The zero-order chi connectivity index (χ0) is 27.8. The first-order valence-electron chi connectivity index (χ1n) is 14.5. The number of rotatable bonds is 12. The molecule has 9 heteroatoms. The van der Waals surface area contributed by atoms with Gasteiger partial charge in [0.1, 0.15) is 12.1 Å². The second-order valence-corrected chi connectivity index (χ2v) is 11.1. The Morgan fingerprint density at radius 3 is 2.62 bits per heavy atom. The number of aliphatic carboxylic acids is 1. The minimum absolute atomic E-state index is 0.148. The molecule has 1 aliphatic heterocycles. The maximum absolute atomic E-state index is 14.0. The van der Waals surface area contributed by atoms with Crippen molar-refractivity contribution in [1.29, 1.82) is 0 Å². The third-order valence-corrected chi connectivity index (χ3v) is 8.20. The standard InChI is InChI=1S/C30H42N4O5/c1-2-3-13-25(32-27(35)17-22-18-31-24-14-8-7-12-23(22)24)29(37)33(19-21-10-5-4-6-11-21)20-28(36)34-16-9-15-26(34)30(38)39/h7-8,12,14,18,21,25-26,31H,2-6,9-11,13,15-17,19-20H2,1H3,(H,32,35)(H,38,39)/t25-,26-/m1/s1. The fourth-order valence-corrected chi connectivity index (χ4v) is 6.07. The Morgan fingerprint density at radius 1 is 1.10 bits per heavy atom. The van der Waals surface area contributed by atoms with Gasteiger partial charge in [0.05, 0.1) is 13.0 Å². The molecule has 1 saturated carbocycles. The van der Waals surface area contributed by atoms with Gasteiger partial charge in [-0.05, 0) is 49.7 Å². The molecular formula is C30H42N4O5. The topological polar surface area (TPSA) is 123 Å². The Kier molecular flexibility index (Phi) is 10.0. The molecule has 0 radical (unpaired) electrons. The molecule has 2 heterocycles. The number of carbonyl (C=O) groups excluding carboxylic acids is 3. The van der Waals surface area contributed by atoms with Crippen molar-refractivity contribution >= 4 is 34.6 Å². The van der Waals surface area contributed by atoms with Crippen LogP contribution < -0.4 is 5.32 Å². The number of carboxylic acids is 1. The van der Waals surface area contributed by atoms with Crippen molar-refractivity contribution in [3.05, 3.63) is 36.0 Å². The molecule has 1 aliphatic carbocycles. The van der Waals surface area contributed by atoms with Crippen LogP contribution in [-0.4, -0.2) is 75.3 Å². The zero-order valence-corrected chi connectivity index (χ0v) is 23.0. The Labute approximate surface area is 230 Å². The molecule has 2 aromatic rings. The van der Waals surface area contributed by atoms with E-state index in [1.807, 2.05) is 37.4 Å². The van der Waals surface area contributed by atoms with Crippen LogP contribution in [0.4, 0.5) is 0 Å². The van der Waals surface area contributed by atoms with E-state index in [1.54, 1.807) is 4.90 Å². The highest BCUT2D eigenvalue weighted by atomic mass is 16.4. The van der Waals surface area contributed by atoms with Gasteiger partial charge in [-0.25, -0.2) is 4.79 Å². The molecule has 1 aromatic carbocycles. The van der Waals surface area contributed by atoms with Crippen molar-refractivity contribution in [2.24, 2.45) is 5.92 Å². The first-order valence-corrected chi connectivity index (χ1v) is 14.5. The zero-order valence-electron chi connectivity index (χ0n) is 23.0. The summed E-state index contributed by atoms with van der Waals surface area (Å²) in [5.41, 5.74) is 1.82. The molecule has 4 rings (SSSR count). The van der Waals surface area contributed by atoms with Crippen LogP contribution in [0.1, 0.15) is 76.7 Å². The number of hydrogen-bond donors (Lipinski definition) is 3. The molecule has 0 spiro atoms. The summed E-state index contributed by atoms with van der Waals surface area (Å²) in [6.07, 6.45) is 10.6. The predicted octanol–water partition coefficient (Wildman–Crippen LogP) is 3.87. The van der Waals surface area contributed by atoms with Crippen LogP contribution in [0.3, 0.4) is 0 Å². The molecule has 0 unspecified atom stereocenters. The lowest BCUT2D eigenvalue weighted by Crippen LogP contribution is -2.54. The van der Waals surface area contributed by atoms with Gasteiger partial charge in [0.2, 0.25) is 17.7 Å². The molecule has 1 saturated heterocycles. The summed E-state index contributed by atoms with van der Waals surface area (Å²) >= 11 is 0. The molecular weight excluding hydrogens is 496 g/mol. The first-order chi connectivity index (χ1) is 18.9. The minimum atomic E-state index is -1.00. The third kappa shape index (κ3) is 7.40. The molecule has 212 valence electrons. The number of aromatic amines is 1. The summed E-state index contributed by atoms with van der Waals surface area (Å²) in [6.45, 7) is 2.73. The highest BCUT2D eigenvalue weighted by Gasteiger charge is 2.36. The maximum atomic E-state index is 14.0. The smallest absolute Gasteiger partial charge is 0.326 e. The van der Waals surface area contributed by atoms with Gasteiger partial charge in [0.25, 0.3) is 0 Å². The number of aromatic nitrogens is 1. The average Bonchev–Trinajstić information content (AvgIpc) is 3.59. The summed E-state index contributed by atoms with van der Waals surface area (Å²) in [6, 6.07) is 6.23. The van der Waals surface area contributed by atoms with Crippen LogP contribution in [0.5, 0.6) is 0 Å². The molecule has 3 amide bonds. The number of benzene rings is 1. The van der Waals surface area contributed by atoms with Crippen LogP contribution in [0.15, 0.2) is 30.5 Å². The lowest BCUT2D eigenvalue weighted by atomic mass is 9.88. The molecule has 3 N–H and O–H groups in total. The molecule has 39 heavy (non-hydrogen) atoms. The van der Waals surface area contributed by atoms with E-state index < -0.39 is 18.1 Å². The quantitative estimate of drug-likeness (QED) is 0.379. The number of hydrogen-bond acceptors (Lipinski definition) is 4. The van der Waals surface area contributed by atoms with Crippen molar-refractivity contribution in [3.63, 3.8) is 0 Å². The minimum Gasteiger partial charge on any atom is -0.480 e. The largest absolute Gasteiger partial charge is 0.480 e. The second-order valence-electron chi connectivity index (χ2n) is 11.1. The van der Waals surface area contributed by atoms with E-state index in [0.29, 0.717) is 38.3 Å². The van der Waals surface area contributed by atoms with Gasteiger partial charge < -0.3 is 25.2 Å². The van der Waals surface area contributed by atoms with Crippen LogP contribution >= 0.6 is 0 Å². The van der Waals surface area contributed by atoms with Gasteiger partial charge in [-0.1, -0.05) is 57.2 Å². The predicted molar refractivity (Wildman–Crippen MR) is 149 cm³/mol. The van der Waals surface area contributed by atoms with Crippen molar-refractivity contribution < 1.29 is 24.3 Å². The number of H-pyrrole nitrogens is 1. The number of nitrogens with one attached hydrogen (secondary N) is 2. The lowest BCUT2D eigenvalue weighted by molar-refractivity contribution is -0.150. The number of fused-ring (bicyclic) bond motifs is 1. The van der Waals surface area contributed by atoms with E-state index in [-0.39, 0.29) is 30.7 Å². The monoisotopic (exact) mass is 538 g/mol. The van der Waals surface area contributed by atoms with Crippen molar-refractivity contribution in [3.8, 4) is 0 Å². The summed E-state index contributed by atoms with van der Waals surface area (Å²) in [5.74, 6) is -1.51. The van der Waals surface area contributed by atoms with Crippen LogP contribution in [-0.2, 0) is 25.6 Å². The average molecular weight is 539 g/mol. The molecule has 2 aliphatic rings. The number of carboxylic acid groups (broad SMARTS) is 1. The molecule has 1 aromatic heterocycles. The van der Waals surface area contributed by atoms with Crippen molar-refractivity contribution in [2.45, 2.75) is 89.6 Å². The van der Waals surface area contributed by atoms with E-state index in [1.165, 1.54) is 11.3 Å². The van der Waals surface area contributed by atoms with Gasteiger partial charge in [-0.15, -0.1) is 0 Å². The van der Waals surface area contributed by atoms with E-state index in [9.17, 15) is 24.3 Å². The summed E-state index contributed by atoms with van der Waals surface area (Å²) in [7, 11) is 0. The highest BCUT2D eigenvalue weighted by molar-refractivity contribution is 5.93. The van der Waals surface area contributed by atoms with Gasteiger partial charge in [-0.2, -0.15) is 0 Å². The maximum Gasteiger partial charge on any atom is 0.326 e. The number of nitrogens with zero attached hydrogens (tertiary/aromatic N) is 2. The number of amides is 3. The van der Waals surface area contributed by atoms with Crippen molar-refractivity contribution in [2.75, 3.05) is 19.6 Å². The lowest BCUT2D eigenvalue weighted by Gasteiger charge is -2.33. The SMILES string of the molecule is CCCC[C@@H](NC(=O)Cc1c[nH]c2ccccc12)C(=O)N(CC(=O)N1CCC[C@@H]1C(=O)O)CC1CCCCC1. The summed E-state index contributed by atoms with van der Waals surface area (Å²) < 4.78 is 0.